The highest BCUT2D eigenvalue weighted by atomic mass is 16.1. The van der Waals surface area contributed by atoms with Gasteiger partial charge in [-0.1, -0.05) is 12.2 Å². The average Bonchev–Trinajstić information content (AvgIpc) is 1.86. The van der Waals surface area contributed by atoms with Crippen LogP contribution < -0.4 is 0 Å². The third kappa shape index (κ3) is 0.385. The van der Waals surface area contributed by atoms with Gasteiger partial charge < -0.3 is 0 Å². The lowest BCUT2D eigenvalue weighted by Crippen LogP contribution is -1.76. The summed E-state index contributed by atoms with van der Waals surface area (Å²) in [4.78, 5) is 8.47. The third-order valence-corrected chi connectivity index (χ3v) is 0.645. The molecule has 0 atom stereocenters. The minimum Gasteiger partial charge on any atom is -0.274 e. The van der Waals surface area contributed by atoms with Crippen LogP contribution in [0.15, 0.2) is 24.3 Å². The smallest absolute Gasteiger partial charge is 0.274 e. The first-order chi connectivity index (χ1) is 2.89. The van der Waals surface area contributed by atoms with Crippen LogP contribution in [-0.4, -0.2) is 10.6 Å². The van der Waals surface area contributed by atoms with Crippen molar-refractivity contribution in [3.05, 3.63) is 24.3 Å². The molecule has 0 amide bonds. The standard InChI is InChI=1S/C5H4O/c6-5-3-1-2-4-5/h1-4H/p+1. The Bertz CT molecular complexity index is 106. The zero-order chi connectivity index (χ0) is 4.41. The maximum Gasteiger partial charge on any atom is 0.340 e. The number of hydrogen-bond acceptors (Lipinski definition) is 0. The van der Waals surface area contributed by atoms with Crippen molar-refractivity contribution in [3.8, 4) is 0 Å². The molecule has 1 N–H and O–H groups in total. The zero-order valence-electron chi connectivity index (χ0n) is 3.26. The summed E-state index contributed by atoms with van der Waals surface area (Å²) in [6.45, 7) is 0. The summed E-state index contributed by atoms with van der Waals surface area (Å²) in [6.07, 6.45) is 6.85. The van der Waals surface area contributed by atoms with Crippen molar-refractivity contribution < 1.29 is 4.79 Å². The fourth-order valence-electron chi connectivity index (χ4n) is 0.364. The molecule has 0 aliphatic heterocycles. The SMILES string of the molecule is [OH+]=C1C=CC=C1. The quantitative estimate of drug-likeness (QED) is 0.382. The Morgan fingerprint density at radius 2 is 1.67 bits per heavy atom. The van der Waals surface area contributed by atoms with Gasteiger partial charge in [-0.3, -0.25) is 4.79 Å². The Hall–Kier alpha value is -0.850. The summed E-state index contributed by atoms with van der Waals surface area (Å²) in [7, 11) is 0. The predicted octanol–water partition coefficient (Wildman–Crippen LogP) is 0.657. The van der Waals surface area contributed by atoms with Crippen LogP contribution in [0.25, 0.3) is 0 Å². The van der Waals surface area contributed by atoms with Crippen LogP contribution in [0.1, 0.15) is 0 Å². The lowest BCUT2D eigenvalue weighted by atomic mass is 10.5. The number of carbonyl (C=O) groups excluding carboxylic acids is 1. The molecule has 1 nitrogen and oxygen atoms in total. The minimum atomic E-state index is 0.343. The molecule has 0 saturated heterocycles. The highest BCUT2D eigenvalue weighted by Gasteiger charge is 1.97. The molecule has 0 fully saturated rings. The lowest BCUT2D eigenvalue weighted by Gasteiger charge is -1.52. The Morgan fingerprint density at radius 1 is 1.17 bits per heavy atom. The zero-order valence-corrected chi connectivity index (χ0v) is 3.26. The molecule has 0 heterocycles. The van der Waals surface area contributed by atoms with E-state index >= 15 is 0 Å². The van der Waals surface area contributed by atoms with Crippen molar-refractivity contribution in [1.82, 2.24) is 0 Å². The van der Waals surface area contributed by atoms with Crippen molar-refractivity contribution >= 4 is 5.78 Å². The summed E-state index contributed by atoms with van der Waals surface area (Å²) in [5.41, 5.74) is 0. The molecule has 0 aromatic rings. The predicted molar refractivity (Wildman–Crippen MR) is 25.2 cm³/mol. The van der Waals surface area contributed by atoms with Crippen molar-refractivity contribution in [2.75, 3.05) is 0 Å². The monoisotopic (exact) mass is 81.0 g/mol. The maximum absolute atomic E-state index is 8.47. The fourth-order valence-corrected chi connectivity index (χ4v) is 0.364. The van der Waals surface area contributed by atoms with E-state index < -0.39 is 0 Å². The second-order valence-corrected chi connectivity index (χ2v) is 1.14. The van der Waals surface area contributed by atoms with Crippen molar-refractivity contribution in [2.45, 2.75) is 0 Å². The van der Waals surface area contributed by atoms with Gasteiger partial charge in [-0.05, 0) is 0 Å². The molecule has 1 aliphatic carbocycles. The number of allylic oxidation sites excluding steroid dienone is 4. The molecule has 0 aromatic carbocycles. The van der Waals surface area contributed by atoms with E-state index in [0.717, 1.165) is 0 Å². The van der Waals surface area contributed by atoms with E-state index in [1.165, 1.54) is 0 Å². The summed E-state index contributed by atoms with van der Waals surface area (Å²) in [6, 6.07) is 0. The van der Waals surface area contributed by atoms with Crippen LogP contribution in [0.3, 0.4) is 0 Å². The van der Waals surface area contributed by atoms with E-state index in [1.807, 2.05) is 0 Å². The minimum absolute atomic E-state index is 0.343. The molecule has 1 rings (SSSR count). The largest absolute Gasteiger partial charge is 0.340 e. The lowest BCUT2D eigenvalue weighted by molar-refractivity contribution is 0.684. The van der Waals surface area contributed by atoms with Gasteiger partial charge in [-0.15, -0.1) is 0 Å². The molecule has 1 aliphatic rings. The van der Waals surface area contributed by atoms with Gasteiger partial charge in [-0.25, -0.2) is 0 Å². The molecule has 30 valence electrons. The van der Waals surface area contributed by atoms with Gasteiger partial charge in [0.15, 0.2) is 0 Å². The molecule has 6 heavy (non-hydrogen) atoms. The first-order valence-electron chi connectivity index (χ1n) is 1.80. The van der Waals surface area contributed by atoms with Crippen molar-refractivity contribution in [3.63, 3.8) is 0 Å². The summed E-state index contributed by atoms with van der Waals surface area (Å²) in [5.74, 6) is 0.343. The highest BCUT2D eigenvalue weighted by molar-refractivity contribution is 6.02. The van der Waals surface area contributed by atoms with Crippen LogP contribution in [-0.2, 0) is 0 Å². The summed E-state index contributed by atoms with van der Waals surface area (Å²) < 4.78 is 0. The summed E-state index contributed by atoms with van der Waals surface area (Å²) in [5, 5.41) is 0. The maximum atomic E-state index is 8.47. The molecule has 0 radical (unpaired) electrons. The average molecular weight is 81.1 g/mol. The van der Waals surface area contributed by atoms with E-state index in [0.29, 0.717) is 5.78 Å². The molecular formula is C5H5O+. The second-order valence-electron chi connectivity index (χ2n) is 1.14. The molecular weight excluding hydrogens is 76.1 g/mol. The van der Waals surface area contributed by atoms with Crippen LogP contribution in [0.5, 0.6) is 0 Å². The van der Waals surface area contributed by atoms with Gasteiger partial charge in [0.2, 0.25) is 0 Å². The van der Waals surface area contributed by atoms with Gasteiger partial charge in [-0.2, -0.15) is 0 Å². The van der Waals surface area contributed by atoms with Crippen LogP contribution in [0, 0.1) is 0 Å². The molecule has 0 spiro atoms. The van der Waals surface area contributed by atoms with E-state index in [4.69, 9.17) is 4.79 Å². The van der Waals surface area contributed by atoms with Gasteiger partial charge in [0, 0.05) is 12.2 Å². The van der Waals surface area contributed by atoms with Gasteiger partial charge >= 0.3 is 5.78 Å². The Labute approximate surface area is 36.0 Å². The van der Waals surface area contributed by atoms with E-state index in [9.17, 15) is 0 Å². The van der Waals surface area contributed by atoms with Crippen molar-refractivity contribution in [2.24, 2.45) is 0 Å². The molecule has 0 aromatic heterocycles. The first-order valence-corrected chi connectivity index (χ1v) is 1.80. The summed E-state index contributed by atoms with van der Waals surface area (Å²) >= 11 is 0. The molecule has 0 bridgehead atoms. The van der Waals surface area contributed by atoms with Gasteiger partial charge in [0.25, 0.3) is 0 Å². The van der Waals surface area contributed by atoms with E-state index in [1.54, 1.807) is 24.3 Å². The van der Waals surface area contributed by atoms with Crippen LogP contribution >= 0.6 is 0 Å². The first kappa shape index (κ1) is 3.34. The van der Waals surface area contributed by atoms with Gasteiger partial charge in [0.1, 0.15) is 0 Å². The topological polar surface area (TPSA) is 21.4 Å². The highest BCUT2D eigenvalue weighted by Crippen LogP contribution is 1.88. The molecule has 0 unspecified atom stereocenters. The Kier molecular flexibility index (Phi) is 0.607. The number of rotatable bonds is 0. The Morgan fingerprint density at radius 3 is 1.83 bits per heavy atom. The number of ketones is 1. The Balaban J connectivity index is 2.86. The second kappa shape index (κ2) is 1.09. The van der Waals surface area contributed by atoms with Crippen molar-refractivity contribution in [1.29, 1.82) is 0 Å². The molecule has 1 heteroatoms. The van der Waals surface area contributed by atoms with Gasteiger partial charge in [0.05, 0.1) is 0 Å². The fraction of sp³-hybridized carbons (Fsp3) is 0. The third-order valence-electron chi connectivity index (χ3n) is 0.645. The number of hydrogen-bond donors (Lipinski definition) is 0. The van der Waals surface area contributed by atoms with E-state index in [2.05, 4.69) is 0 Å². The van der Waals surface area contributed by atoms with Crippen LogP contribution in [0.4, 0.5) is 0 Å². The van der Waals surface area contributed by atoms with E-state index in [-0.39, 0.29) is 0 Å². The normalized spacial score (nSPS) is 17.0. The van der Waals surface area contributed by atoms with Crippen LogP contribution in [0.2, 0.25) is 0 Å². The molecule has 0 saturated carbocycles.